The van der Waals surface area contributed by atoms with E-state index in [0.29, 0.717) is 36.9 Å². The van der Waals surface area contributed by atoms with Gasteiger partial charge in [0.15, 0.2) is 9.84 Å². The molecule has 1 unspecified atom stereocenters. The van der Waals surface area contributed by atoms with Gasteiger partial charge >= 0.3 is 0 Å². The Morgan fingerprint density at radius 1 is 1.36 bits per heavy atom. The second kappa shape index (κ2) is 9.17. The minimum absolute atomic E-state index is 0.104. The van der Waals surface area contributed by atoms with E-state index in [1.54, 1.807) is 13.2 Å². The molecule has 0 aromatic heterocycles. The normalized spacial score (nSPS) is 17.4. The predicted octanol–water partition coefficient (Wildman–Crippen LogP) is 1.48. The minimum atomic E-state index is -3.34. The number of benzene rings is 1. The Labute approximate surface area is 149 Å². The van der Waals surface area contributed by atoms with Crippen molar-refractivity contribution in [3.05, 3.63) is 18.2 Å². The zero-order valence-corrected chi connectivity index (χ0v) is 15.6. The topological polar surface area (TPSA) is 96.5 Å². The van der Waals surface area contributed by atoms with Crippen molar-refractivity contribution >= 4 is 27.1 Å². The molecule has 0 spiro atoms. The van der Waals surface area contributed by atoms with Crippen LogP contribution in [-0.4, -0.2) is 53.9 Å². The van der Waals surface area contributed by atoms with Gasteiger partial charge in [-0.15, -0.1) is 0 Å². The number of hydrogen-bond donors (Lipinski definition) is 3. The van der Waals surface area contributed by atoms with Crippen molar-refractivity contribution < 1.29 is 17.9 Å². The summed E-state index contributed by atoms with van der Waals surface area (Å²) in [4.78, 5) is 12.5. The summed E-state index contributed by atoms with van der Waals surface area (Å²) >= 11 is 0. The Morgan fingerprint density at radius 3 is 2.80 bits per heavy atom. The molecular weight excluding hydrogens is 342 g/mol. The summed E-state index contributed by atoms with van der Waals surface area (Å²) < 4.78 is 28.6. The molecule has 1 saturated heterocycles. The summed E-state index contributed by atoms with van der Waals surface area (Å²) in [5, 5.41) is 9.29. The lowest BCUT2D eigenvalue weighted by Gasteiger charge is -2.15. The number of sulfone groups is 1. The number of anilines is 2. The third-order valence-corrected chi connectivity index (χ3v) is 5.37. The van der Waals surface area contributed by atoms with Gasteiger partial charge in [0.25, 0.3) is 0 Å². The van der Waals surface area contributed by atoms with Gasteiger partial charge in [-0.1, -0.05) is 0 Å². The highest BCUT2D eigenvalue weighted by molar-refractivity contribution is 7.90. The van der Waals surface area contributed by atoms with Gasteiger partial charge in [0.05, 0.1) is 22.9 Å². The highest BCUT2D eigenvalue weighted by Crippen LogP contribution is 2.26. The summed E-state index contributed by atoms with van der Waals surface area (Å²) in [6, 6.07) is 4.70. The smallest absolute Gasteiger partial charge is 0.224 e. The monoisotopic (exact) mass is 369 g/mol. The molecule has 140 valence electrons. The summed E-state index contributed by atoms with van der Waals surface area (Å²) in [7, 11) is -1.73. The van der Waals surface area contributed by atoms with Crippen LogP contribution in [0.25, 0.3) is 0 Å². The van der Waals surface area contributed by atoms with Crippen molar-refractivity contribution in [2.75, 3.05) is 50.2 Å². The standard InChI is InChI=1S/C17H27N3O4S/c1-24-10-9-19-15-5-4-14(25(2,22)23)11-16(15)20-17(21)6-3-13-7-8-18-12-13/h4-5,11,13,18-19H,3,6-10,12H2,1-2H3,(H,20,21). The lowest BCUT2D eigenvalue weighted by molar-refractivity contribution is -0.116. The van der Waals surface area contributed by atoms with E-state index in [9.17, 15) is 13.2 Å². The summed E-state index contributed by atoms with van der Waals surface area (Å²) in [5.41, 5.74) is 1.16. The summed E-state index contributed by atoms with van der Waals surface area (Å²) in [6.45, 7) is 3.04. The van der Waals surface area contributed by atoms with Crippen molar-refractivity contribution in [1.82, 2.24) is 5.32 Å². The van der Waals surface area contributed by atoms with Gasteiger partial charge in [0.2, 0.25) is 5.91 Å². The average Bonchev–Trinajstić information content (AvgIpc) is 3.07. The third-order valence-electron chi connectivity index (χ3n) is 4.26. The van der Waals surface area contributed by atoms with Crippen LogP contribution < -0.4 is 16.0 Å². The molecule has 7 nitrogen and oxygen atoms in total. The SMILES string of the molecule is COCCNc1ccc(S(C)(=O)=O)cc1NC(=O)CCC1CCNC1. The highest BCUT2D eigenvalue weighted by atomic mass is 32.2. The molecular formula is C17H27N3O4S. The van der Waals surface area contributed by atoms with Crippen LogP contribution in [0.3, 0.4) is 0 Å². The van der Waals surface area contributed by atoms with Crippen LogP contribution in [-0.2, 0) is 19.4 Å². The molecule has 3 N–H and O–H groups in total. The fraction of sp³-hybridized carbons (Fsp3) is 0.588. The zero-order valence-electron chi connectivity index (χ0n) is 14.8. The number of ether oxygens (including phenoxy) is 1. The van der Waals surface area contributed by atoms with Crippen LogP contribution in [0.1, 0.15) is 19.3 Å². The number of rotatable bonds is 9. The van der Waals surface area contributed by atoms with Crippen LogP contribution in [0.15, 0.2) is 23.1 Å². The number of carbonyl (C=O) groups excluding carboxylic acids is 1. The summed E-state index contributed by atoms with van der Waals surface area (Å²) in [5.74, 6) is 0.430. The fourth-order valence-corrected chi connectivity index (χ4v) is 3.46. The second-order valence-corrected chi connectivity index (χ2v) is 8.36. The van der Waals surface area contributed by atoms with E-state index in [1.807, 2.05) is 0 Å². The number of carbonyl (C=O) groups is 1. The van der Waals surface area contributed by atoms with Crippen LogP contribution >= 0.6 is 0 Å². The maximum atomic E-state index is 12.3. The van der Waals surface area contributed by atoms with E-state index >= 15 is 0 Å². The molecule has 1 aliphatic rings. The number of amides is 1. The third kappa shape index (κ3) is 6.30. The van der Waals surface area contributed by atoms with Crippen LogP contribution in [0.4, 0.5) is 11.4 Å². The molecule has 1 aromatic rings. The second-order valence-electron chi connectivity index (χ2n) is 6.34. The molecule has 1 aliphatic heterocycles. The van der Waals surface area contributed by atoms with Crippen molar-refractivity contribution in [3.63, 3.8) is 0 Å². The first kappa shape index (κ1) is 19.7. The van der Waals surface area contributed by atoms with Crippen LogP contribution in [0.2, 0.25) is 0 Å². The first-order valence-electron chi connectivity index (χ1n) is 8.47. The van der Waals surface area contributed by atoms with E-state index < -0.39 is 9.84 Å². The molecule has 0 radical (unpaired) electrons. The fourth-order valence-electron chi connectivity index (χ4n) is 2.81. The molecule has 8 heteroatoms. The highest BCUT2D eigenvalue weighted by Gasteiger charge is 2.17. The van der Waals surface area contributed by atoms with E-state index in [1.165, 1.54) is 12.1 Å². The molecule has 1 heterocycles. The molecule has 0 saturated carbocycles. The maximum Gasteiger partial charge on any atom is 0.224 e. The van der Waals surface area contributed by atoms with Gasteiger partial charge in [0, 0.05) is 26.3 Å². The number of nitrogens with one attached hydrogen (secondary N) is 3. The first-order valence-corrected chi connectivity index (χ1v) is 10.4. The van der Waals surface area contributed by atoms with Gasteiger partial charge in [-0.2, -0.15) is 0 Å². The van der Waals surface area contributed by atoms with E-state index in [-0.39, 0.29) is 10.8 Å². The van der Waals surface area contributed by atoms with E-state index in [4.69, 9.17) is 4.74 Å². The lowest BCUT2D eigenvalue weighted by atomic mass is 10.0. The van der Waals surface area contributed by atoms with Crippen molar-refractivity contribution in [1.29, 1.82) is 0 Å². The number of hydrogen-bond acceptors (Lipinski definition) is 6. The Morgan fingerprint density at radius 2 is 2.16 bits per heavy atom. The maximum absolute atomic E-state index is 12.3. The zero-order chi connectivity index (χ0) is 18.3. The van der Waals surface area contributed by atoms with Crippen molar-refractivity contribution in [2.24, 2.45) is 5.92 Å². The Balaban J connectivity index is 2.06. The molecule has 1 fully saturated rings. The minimum Gasteiger partial charge on any atom is -0.383 e. The molecule has 1 aromatic carbocycles. The molecule has 1 atom stereocenters. The molecule has 0 bridgehead atoms. The first-order chi connectivity index (χ1) is 11.9. The predicted molar refractivity (Wildman–Crippen MR) is 98.8 cm³/mol. The van der Waals surface area contributed by atoms with E-state index in [2.05, 4.69) is 16.0 Å². The Bertz CT molecular complexity index is 685. The molecule has 25 heavy (non-hydrogen) atoms. The van der Waals surface area contributed by atoms with Crippen LogP contribution in [0.5, 0.6) is 0 Å². The largest absolute Gasteiger partial charge is 0.383 e. The Hall–Kier alpha value is -1.64. The molecule has 2 rings (SSSR count). The summed E-state index contributed by atoms with van der Waals surface area (Å²) in [6.07, 6.45) is 3.50. The molecule has 1 amide bonds. The van der Waals surface area contributed by atoms with Gasteiger partial charge in [-0.25, -0.2) is 8.42 Å². The Kier molecular flexibility index (Phi) is 7.22. The lowest BCUT2D eigenvalue weighted by Crippen LogP contribution is -2.17. The van der Waals surface area contributed by atoms with Crippen molar-refractivity contribution in [3.8, 4) is 0 Å². The van der Waals surface area contributed by atoms with Gasteiger partial charge in [-0.3, -0.25) is 4.79 Å². The van der Waals surface area contributed by atoms with Gasteiger partial charge in [-0.05, 0) is 50.0 Å². The van der Waals surface area contributed by atoms with Crippen LogP contribution in [0, 0.1) is 5.92 Å². The van der Waals surface area contributed by atoms with Gasteiger partial charge in [0.1, 0.15) is 0 Å². The quantitative estimate of drug-likeness (QED) is 0.571. The average molecular weight is 369 g/mol. The van der Waals surface area contributed by atoms with E-state index in [0.717, 1.165) is 32.2 Å². The number of methoxy groups -OCH3 is 1. The van der Waals surface area contributed by atoms with Gasteiger partial charge < -0.3 is 20.7 Å². The molecule has 0 aliphatic carbocycles. The van der Waals surface area contributed by atoms with Crippen molar-refractivity contribution in [2.45, 2.75) is 24.2 Å².